The lowest BCUT2D eigenvalue weighted by molar-refractivity contribution is 0.646. The predicted molar refractivity (Wildman–Crippen MR) is 63.2 cm³/mol. The van der Waals surface area contributed by atoms with Crippen LogP contribution in [0.5, 0.6) is 0 Å². The number of hydrogen-bond donors (Lipinski definition) is 0. The molecule has 0 aliphatic heterocycles. The number of hydrogen-bond acceptors (Lipinski definition) is 4. The van der Waals surface area contributed by atoms with Gasteiger partial charge in [0.2, 0.25) is 0 Å². The highest BCUT2D eigenvalue weighted by molar-refractivity contribution is 9.09. The van der Waals surface area contributed by atoms with Gasteiger partial charge in [0.25, 0.3) is 0 Å². The zero-order valence-corrected chi connectivity index (χ0v) is 10.7. The van der Waals surface area contributed by atoms with Crippen LogP contribution in [0.1, 0.15) is 28.9 Å². The summed E-state index contributed by atoms with van der Waals surface area (Å²) >= 11 is 5.18. The molecule has 0 fully saturated rings. The van der Waals surface area contributed by atoms with Crippen molar-refractivity contribution < 1.29 is 0 Å². The van der Waals surface area contributed by atoms with Gasteiger partial charge in [0.1, 0.15) is 5.01 Å². The number of alkyl halides is 1. The van der Waals surface area contributed by atoms with Gasteiger partial charge in [-0.1, -0.05) is 28.1 Å². The molecule has 0 amide bonds. The fourth-order valence-corrected chi connectivity index (χ4v) is 2.03. The predicted octanol–water partition coefficient (Wildman–Crippen LogP) is 2.63. The molecule has 0 saturated heterocycles. The molecule has 0 saturated carbocycles. The second-order valence-corrected chi connectivity index (χ2v) is 5.23. The molecule has 2 aromatic rings. The average Bonchev–Trinajstić information content (AvgIpc) is 2.88. The van der Waals surface area contributed by atoms with Crippen molar-refractivity contribution in [2.75, 3.05) is 0 Å². The van der Waals surface area contributed by atoms with Crippen LogP contribution in [0.15, 0.2) is 17.8 Å². The summed E-state index contributed by atoms with van der Waals surface area (Å²) in [6, 6.07) is 0. The maximum atomic E-state index is 4.20. The van der Waals surface area contributed by atoms with Crippen LogP contribution in [0.25, 0.3) is 0 Å². The van der Waals surface area contributed by atoms with E-state index in [0.29, 0.717) is 11.4 Å². The van der Waals surface area contributed by atoms with Crippen molar-refractivity contribution in [1.29, 1.82) is 0 Å². The molecule has 2 aromatic heterocycles. The second kappa shape index (κ2) is 4.85. The molecular weight excluding hydrogens is 276 g/mol. The van der Waals surface area contributed by atoms with E-state index in [0.717, 1.165) is 17.1 Å². The molecule has 0 N–H and O–H groups in total. The minimum absolute atomic E-state index is 0.294. The Labute approximate surface area is 100 Å². The zero-order chi connectivity index (χ0) is 10.7. The van der Waals surface area contributed by atoms with Gasteiger partial charge in [-0.05, 0) is 6.42 Å². The summed E-state index contributed by atoms with van der Waals surface area (Å²) in [5.74, 6) is 0. The summed E-state index contributed by atoms with van der Waals surface area (Å²) < 4.78 is 1.82. The Morgan fingerprint density at radius 3 is 3.13 bits per heavy atom. The summed E-state index contributed by atoms with van der Waals surface area (Å²) in [6.45, 7) is 2.81. The highest BCUT2D eigenvalue weighted by Gasteiger charge is 2.09. The molecule has 1 atom stereocenters. The molecule has 2 rings (SSSR count). The van der Waals surface area contributed by atoms with Crippen LogP contribution >= 0.6 is 27.3 Å². The van der Waals surface area contributed by atoms with E-state index in [1.807, 2.05) is 16.3 Å². The van der Waals surface area contributed by atoms with Gasteiger partial charge in [-0.25, -0.2) is 9.67 Å². The first-order valence-electron chi connectivity index (χ1n) is 4.72. The van der Waals surface area contributed by atoms with Crippen LogP contribution in [0.3, 0.4) is 0 Å². The first-order valence-corrected chi connectivity index (χ1v) is 6.51. The first kappa shape index (κ1) is 10.8. The molecule has 1 unspecified atom stereocenters. The van der Waals surface area contributed by atoms with Gasteiger partial charge in [0, 0.05) is 11.6 Å². The Morgan fingerprint density at radius 1 is 1.60 bits per heavy atom. The van der Waals surface area contributed by atoms with E-state index in [1.54, 1.807) is 17.5 Å². The molecule has 0 spiro atoms. The van der Waals surface area contributed by atoms with Gasteiger partial charge in [-0.15, -0.1) is 16.4 Å². The molecular formula is C9H11BrN4S. The van der Waals surface area contributed by atoms with E-state index in [9.17, 15) is 0 Å². The number of nitrogens with zero attached hydrogens (tertiary/aromatic N) is 4. The smallest absolute Gasteiger partial charge is 0.114 e. The molecule has 6 heteroatoms. The number of halogens is 1. The van der Waals surface area contributed by atoms with Crippen molar-refractivity contribution in [2.45, 2.75) is 24.7 Å². The van der Waals surface area contributed by atoms with Crippen molar-refractivity contribution in [3.63, 3.8) is 0 Å². The van der Waals surface area contributed by atoms with Crippen LogP contribution in [-0.2, 0) is 6.54 Å². The van der Waals surface area contributed by atoms with E-state index < -0.39 is 0 Å². The minimum atomic E-state index is 0.294. The third-order valence-electron chi connectivity index (χ3n) is 2.02. The van der Waals surface area contributed by atoms with Gasteiger partial charge < -0.3 is 0 Å². The van der Waals surface area contributed by atoms with Gasteiger partial charge in [-0.2, -0.15) is 0 Å². The van der Waals surface area contributed by atoms with Crippen LogP contribution in [-0.4, -0.2) is 20.0 Å². The molecule has 0 aromatic carbocycles. The van der Waals surface area contributed by atoms with Crippen LogP contribution < -0.4 is 0 Å². The van der Waals surface area contributed by atoms with E-state index >= 15 is 0 Å². The maximum Gasteiger partial charge on any atom is 0.114 e. The fraction of sp³-hybridized carbons (Fsp3) is 0.444. The van der Waals surface area contributed by atoms with Gasteiger partial charge in [0.05, 0.1) is 23.3 Å². The highest BCUT2D eigenvalue weighted by Crippen LogP contribution is 2.23. The van der Waals surface area contributed by atoms with Gasteiger partial charge >= 0.3 is 0 Å². The van der Waals surface area contributed by atoms with Crippen molar-refractivity contribution in [3.8, 4) is 0 Å². The lowest BCUT2D eigenvalue weighted by Gasteiger charge is -1.99. The molecule has 0 bridgehead atoms. The van der Waals surface area contributed by atoms with Gasteiger partial charge in [-0.3, -0.25) is 0 Å². The lowest BCUT2D eigenvalue weighted by Crippen LogP contribution is -1.99. The maximum absolute atomic E-state index is 4.20. The largest absolute Gasteiger partial charge is 0.248 e. The Hall–Kier alpha value is -0.750. The summed E-state index contributed by atoms with van der Waals surface area (Å²) in [5, 5.41) is 11.2. The Morgan fingerprint density at radius 2 is 2.47 bits per heavy atom. The third-order valence-corrected chi connectivity index (χ3v) is 3.90. The van der Waals surface area contributed by atoms with E-state index in [2.05, 4.69) is 38.1 Å². The summed E-state index contributed by atoms with van der Waals surface area (Å²) in [4.78, 5) is 4.50. The number of rotatable bonds is 4. The van der Waals surface area contributed by atoms with Crippen molar-refractivity contribution >= 4 is 27.3 Å². The zero-order valence-electron chi connectivity index (χ0n) is 8.30. The van der Waals surface area contributed by atoms with Crippen LogP contribution in [0.2, 0.25) is 0 Å². The summed E-state index contributed by atoms with van der Waals surface area (Å²) in [6.07, 6.45) is 4.78. The summed E-state index contributed by atoms with van der Waals surface area (Å²) in [5.41, 5.74) is 0.981. The monoisotopic (exact) mass is 286 g/mol. The van der Waals surface area contributed by atoms with E-state index in [1.165, 1.54) is 0 Å². The van der Waals surface area contributed by atoms with Crippen molar-refractivity contribution in [3.05, 3.63) is 28.5 Å². The minimum Gasteiger partial charge on any atom is -0.248 e. The number of aromatic nitrogens is 4. The third kappa shape index (κ3) is 2.63. The Kier molecular flexibility index (Phi) is 3.48. The topological polar surface area (TPSA) is 43.6 Å². The SMILES string of the molecule is CCC(Br)c1cn(Cc2nccs2)nn1. The highest BCUT2D eigenvalue weighted by atomic mass is 79.9. The van der Waals surface area contributed by atoms with Crippen molar-refractivity contribution in [2.24, 2.45) is 0 Å². The van der Waals surface area contributed by atoms with E-state index in [4.69, 9.17) is 0 Å². The van der Waals surface area contributed by atoms with Gasteiger partial charge in [0.15, 0.2) is 0 Å². The molecule has 0 aliphatic carbocycles. The van der Waals surface area contributed by atoms with Crippen LogP contribution in [0, 0.1) is 0 Å². The molecule has 0 aliphatic rings. The Bertz CT molecular complexity index is 411. The van der Waals surface area contributed by atoms with Crippen molar-refractivity contribution in [1.82, 2.24) is 20.0 Å². The summed E-state index contributed by atoms with van der Waals surface area (Å²) in [7, 11) is 0. The quantitative estimate of drug-likeness (QED) is 0.812. The standard InChI is InChI=1S/C9H11BrN4S/c1-2-7(10)8-5-14(13-12-8)6-9-11-3-4-15-9/h3-5,7H,2,6H2,1H3. The molecule has 2 heterocycles. The van der Waals surface area contributed by atoms with E-state index in [-0.39, 0.29) is 0 Å². The number of thiazole rings is 1. The lowest BCUT2D eigenvalue weighted by atomic mass is 10.3. The molecule has 4 nitrogen and oxygen atoms in total. The second-order valence-electron chi connectivity index (χ2n) is 3.14. The van der Waals surface area contributed by atoms with Crippen LogP contribution in [0.4, 0.5) is 0 Å². The average molecular weight is 287 g/mol. The molecule has 0 radical (unpaired) electrons. The Balaban J connectivity index is 2.07. The normalized spacial score (nSPS) is 12.9. The fourth-order valence-electron chi connectivity index (χ4n) is 1.21. The molecule has 15 heavy (non-hydrogen) atoms. The molecule has 80 valence electrons. The first-order chi connectivity index (χ1) is 7.29.